The summed E-state index contributed by atoms with van der Waals surface area (Å²) >= 11 is 3.39. The molecule has 1 N–H and O–H groups in total. The minimum Gasteiger partial charge on any atom is -0.484 e. The molecule has 34 heavy (non-hydrogen) atoms. The van der Waals surface area contributed by atoms with Crippen molar-refractivity contribution in [2.75, 3.05) is 6.61 Å². The van der Waals surface area contributed by atoms with Gasteiger partial charge in [-0.2, -0.15) is 5.10 Å². The van der Waals surface area contributed by atoms with Gasteiger partial charge >= 0.3 is 5.97 Å². The van der Waals surface area contributed by atoms with Crippen LogP contribution in [0.4, 0.5) is 0 Å². The Morgan fingerprint density at radius 1 is 0.941 bits per heavy atom. The predicted octanol–water partition coefficient (Wildman–Crippen LogP) is 5.66. The number of amides is 1. The summed E-state index contributed by atoms with van der Waals surface area (Å²) in [5.74, 6) is 0.0108. The Morgan fingerprint density at radius 3 is 2.50 bits per heavy atom. The Kier molecular flexibility index (Phi) is 7.34. The third kappa shape index (κ3) is 6.08. The number of carbonyl (C=O) groups excluding carboxylic acids is 2. The van der Waals surface area contributed by atoms with Crippen LogP contribution in [0.15, 0.2) is 94.5 Å². The van der Waals surface area contributed by atoms with E-state index in [1.807, 2.05) is 61.5 Å². The number of ether oxygens (including phenoxy) is 2. The second-order valence-electron chi connectivity index (χ2n) is 7.53. The number of esters is 1. The molecule has 0 bridgehead atoms. The number of halogens is 1. The maximum absolute atomic E-state index is 12.5. The van der Waals surface area contributed by atoms with Gasteiger partial charge in [0.2, 0.25) is 0 Å². The fraction of sp³-hybridized carbons (Fsp3) is 0.0741. The highest BCUT2D eigenvalue weighted by molar-refractivity contribution is 9.10. The van der Waals surface area contributed by atoms with Crippen LogP contribution in [0.3, 0.4) is 0 Å². The fourth-order valence-electron chi connectivity index (χ4n) is 3.17. The SMILES string of the molecule is Cc1ccc(C(=O)Oc2ccc(Br)cc2/C=N/NC(=O)COc2ccc3ccccc3c2)cc1. The minimum absolute atomic E-state index is 0.191. The van der Waals surface area contributed by atoms with Crippen LogP contribution in [0.25, 0.3) is 10.8 Å². The summed E-state index contributed by atoms with van der Waals surface area (Å²) in [5, 5.41) is 6.10. The molecular weight excluding hydrogens is 496 g/mol. The highest BCUT2D eigenvalue weighted by atomic mass is 79.9. The molecule has 1 amide bonds. The van der Waals surface area contributed by atoms with Crippen LogP contribution in [-0.2, 0) is 4.79 Å². The van der Waals surface area contributed by atoms with Crippen LogP contribution in [0.1, 0.15) is 21.5 Å². The van der Waals surface area contributed by atoms with Crippen molar-refractivity contribution in [2.24, 2.45) is 5.10 Å². The third-order valence-corrected chi connectivity index (χ3v) is 5.44. The van der Waals surface area contributed by atoms with Crippen LogP contribution in [0, 0.1) is 6.92 Å². The zero-order valence-corrected chi connectivity index (χ0v) is 19.9. The number of nitrogens with zero attached hydrogens (tertiary/aromatic N) is 1. The van der Waals surface area contributed by atoms with Crippen molar-refractivity contribution in [3.63, 3.8) is 0 Å². The van der Waals surface area contributed by atoms with Crippen LogP contribution in [0.2, 0.25) is 0 Å². The first-order valence-electron chi connectivity index (χ1n) is 10.5. The fourth-order valence-corrected chi connectivity index (χ4v) is 3.55. The van der Waals surface area contributed by atoms with Crippen LogP contribution in [-0.4, -0.2) is 24.7 Å². The molecule has 0 aliphatic heterocycles. The van der Waals surface area contributed by atoms with Crippen molar-refractivity contribution in [2.45, 2.75) is 6.92 Å². The molecule has 0 aromatic heterocycles. The van der Waals surface area contributed by atoms with Gasteiger partial charge in [0, 0.05) is 10.0 Å². The zero-order chi connectivity index (χ0) is 23.9. The molecule has 0 fully saturated rings. The predicted molar refractivity (Wildman–Crippen MR) is 135 cm³/mol. The highest BCUT2D eigenvalue weighted by Crippen LogP contribution is 2.23. The molecule has 0 radical (unpaired) electrons. The number of benzene rings is 4. The standard InChI is InChI=1S/C27H21BrN2O4/c1-18-6-8-20(9-7-18)27(32)34-25-13-11-23(28)14-22(25)16-29-30-26(31)17-33-24-12-10-19-4-2-3-5-21(19)15-24/h2-16H,17H2,1H3,(H,30,31)/b29-16+. The maximum Gasteiger partial charge on any atom is 0.343 e. The van der Waals surface area contributed by atoms with Crippen molar-refractivity contribution in [1.82, 2.24) is 5.43 Å². The first-order chi connectivity index (χ1) is 16.5. The molecule has 0 unspecified atom stereocenters. The zero-order valence-electron chi connectivity index (χ0n) is 18.3. The molecule has 170 valence electrons. The number of nitrogens with one attached hydrogen (secondary N) is 1. The molecule has 0 spiro atoms. The van der Waals surface area contributed by atoms with E-state index in [1.54, 1.807) is 30.3 Å². The molecule has 7 heteroatoms. The van der Waals surface area contributed by atoms with Gasteiger partial charge in [-0.15, -0.1) is 0 Å². The lowest BCUT2D eigenvalue weighted by Crippen LogP contribution is -2.24. The molecular formula is C27H21BrN2O4. The van der Waals surface area contributed by atoms with Crippen LogP contribution in [0.5, 0.6) is 11.5 Å². The quantitative estimate of drug-likeness (QED) is 0.149. The Hall–Kier alpha value is -3.97. The van der Waals surface area contributed by atoms with Crippen molar-refractivity contribution < 1.29 is 19.1 Å². The van der Waals surface area contributed by atoms with E-state index in [0.29, 0.717) is 22.6 Å². The summed E-state index contributed by atoms with van der Waals surface area (Å²) < 4.78 is 11.9. The smallest absolute Gasteiger partial charge is 0.343 e. The van der Waals surface area contributed by atoms with E-state index >= 15 is 0 Å². The molecule has 0 saturated carbocycles. The molecule has 0 aliphatic carbocycles. The molecule has 4 aromatic rings. The Balaban J connectivity index is 1.36. The molecule has 6 nitrogen and oxygen atoms in total. The third-order valence-electron chi connectivity index (χ3n) is 4.95. The second kappa shape index (κ2) is 10.8. The number of hydrogen-bond acceptors (Lipinski definition) is 5. The van der Waals surface area contributed by atoms with E-state index in [0.717, 1.165) is 20.8 Å². The number of fused-ring (bicyclic) bond motifs is 1. The average Bonchev–Trinajstić information content (AvgIpc) is 2.84. The van der Waals surface area contributed by atoms with Gasteiger partial charge in [-0.05, 0) is 60.2 Å². The van der Waals surface area contributed by atoms with Gasteiger partial charge in [0.15, 0.2) is 6.61 Å². The Bertz CT molecular complexity index is 1370. The lowest BCUT2D eigenvalue weighted by Gasteiger charge is -2.09. The molecule has 4 rings (SSSR count). The highest BCUT2D eigenvalue weighted by Gasteiger charge is 2.12. The number of hydrogen-bond donors (Lipinski definition) is 1. The topological polar surface area (TPSA) is 77.0 Å². The van der Waals surface area contributed by atoms with E-state index in [4.69, 9.17) is 9.47 Å². The summed E-state index contributed by atoms with van der Waals surface area (Å²) in [4.78, 5) is 24.6. The number of aryl methyl sites for hydroxylation is 1. The number of carbonyl (C=O) groups is 2. The Labute approximate surface area is 205 Å². The summed E-state index contributed by atoms with van der Waals surface area (Å²) in [5.41, 5.74) is 4.43. The van der Waals surface area contributed by atoms with Crippen molar-refractivity contribution in [3.05, 3.63) is 106 Å². The molecule has 0 aliphatic rings. The van der Waals surface area contributed by atoms with Crippen molar-refractivity contribution in [3.8, 4) is 11.5 Å². The van der Waals surface area contributed by atoms with Gasteiger partial charge in [-0.1, -0.05) is 64.0 Å². The van der Waals surface area contributed by atoms with Gasteiger partial charge in [-0.3, -0.25) is 4.79 Å². The molecule has 0 saturated heterocycles. The largest absolute Gasteiger partial charge is 0.484 e. The van der Waals surface area contributed by atoms with Gasteiger partial charge in [-0.25, -0.2) is 10.2 Å². The van der Waals surface area contributed by atoms with E-state index in [-0.39, 0.29) is 6.61 Å². The molecule has 0 atom stereocenters. The van der Waals surface area contributed by atoms with E-state index < -0.39 is 11.9 Å². The van der Waals surface area contributed by atoms with Crippen LogP contribution < -0.4 is 14.9 Å². The first-order valence-corrected chi connectivity index (χ1v) is 11.3. The average molecular weight is 517 g/mol. The monoisotopic (exact) mass is 516 g/mol. The summed E-state index contributed by atoms with van der Waals surface area (Å²) in [6.45, 7) is 1.75. The summed E-state index contributed by atoms with van der Waals surface area (Å²) in [7, 11) is 0. The van der Waals surface area contributed by atoms with E-state index in [1.165, 1.54) is 6.21 Å². The normalized spacial score (nSPS) is 10.9. The van der Waals surface area contributed by atoms with Crippen molar-refractivity contribution >= 4 is 44.8 Å². The van der Waals surface area contributed by atoms with E-state index in [2.05, 4.69) is 26.5 Å². The van der Waals surface area contributed by atoms with Crippen LogP contribution >= 0.6 is 15.9 Å². The van der Waals surface area contributed by atoms with E-state index in [9.17, 15) is 9.59 Å². The Morgan fingerprint density at radius 2 is 1.71 bits per heavy atom. The lowest BCUT2D eigenvalue weighted by molar-refractivity contribution is -0.123. The van der Waals surface area contributed by atoms with Gasteiger partial charge in [0.25, 0.3) is 5.91 Å². The second-order valence-corrected chi connectivity index (χ2v) is 8.44. The summed E-state index contributed by atoms with van der Waals surface area (Å²) in [6.07, 6.45) is 1.41. The maximum atomic E-state index is 12.5. The van der Waals surface area contributed by atoms with Crippen molar-refractivity contribution in [1.29, 1.82) is 0 Å². The van der Waals surface area contributed by atoms with Gasteiger partial charge in [0.05, 0.1) is 11.8 Å². The van der Waals surface area contributed by atoms with Gasteiger partial charge in [0.1, 0.15) is 11.5 Å². The lowest BCUT2D eigenvalue weighted by atomic mass is 10.1. The number of hydrazone groups is 1. The van der Waals surface area contributed by atoms with Gasteiger partial charge < -0.3 is 9.47 Å². The first kappa shape index (κ1) is 23.2. The molecule has 0 heterocycles. The minimum atomic E-state index is -0.482. The molecule has 4 aromatic carbocycles. The summed E-state index contributed by atoms with van der Waals surface area (Å²) in [6, 6.07) is 25.8. The number of rotatable bonds is 7.